The van der Waals surface area contributed by atoms with Gasteiger partial charge in [-0.1, -0.05) is 0 Å². The molecule has 164 valence electrons. The summed E-state index contributed by atoms with van der Waals surface area (Å²) in [4.78, 5) is 30.3. The number of nitrogens with one attached hydrogen (secondary N) is 2. The van der Waals surface area contributed by atoms with Crippen molar-refractivity contribution in [3.63, 3.8) is 0 Å². The van der Waals surface area contributed by atoms with Crippen molar-refractivity contribution in [2.24, 2.45) is 0 Å². The third kappa shape index (κ3) is 7.29. The highest BCUT2D eigenvalue weighted by atomic mass is 32.1. The summed E-state index contributed by atoms with van der Waals surface area (Å²) in [6, 6.07) is 5.46. The molecule has 1 aromatic heterocycles. The number of anilines is 1. The number of aromatic nitrogens is 1. The maximum Gasteiger partial charge on any atom is 0.240 e. The minimum atomic E-state index is -0.243. The van der Waals surface area contributed by atoms with E-state index in [1.807, 2.05) is 17.5 Å². The van der Waals surface area contributed by atoms with Crippen LogP contribution in [0, 0.1) is 0 Å². The lowest BCUT2D eigenvalue weighted by Gasteiger charge is -2.15. The molecule has 0 aliphatic heterocycles. The van der Waals surface area contributed by atoms with E-state index in [0.29, 0.717) is 35.5 Å². The molecule has 0 spiro atoms. The van der Waals surface area contributed by atoms with Gasteiger partial charge in [-0.15, -0.1) is 11.3 Å². The van der Waals surface area contributed by atoms with Gasteiger partial charge in [-0.05, 0) is 25.6 Å². The summed E-state index contributed by atoms with van der Waals surface area (Å²) in [5, 5.41) is 7.88. The van der Waals surface area contributed by atoms with Crippen LogP contribution in [-0.4, -0.2) is 76.3 Å². The summed E-state index contributed by atoms with van der Waals surface area (Å²) in [5.74, 6) is 0.940. The first kappa shape index (κ1) is 23.6. The number of ether oxygens (including phenoxy) is 3. The van der Waals surface area contributed by atoms with Crippen molar-refractivity contribution < 1.29 is 23.8 Å². The van der Waals surface area contributed by atoms with Gasteiger partial charge in [-0.2, -0.15) is 0 Å². The first-order valence-corrected chi connectivity index (χ1v) is 10.3. The van der Waals surface area contributed by atoms with Gasteiger partial charge in [0.05, 0.1) is 33.0 Å². The molecule has 0 bridgehead atoms. The molecule has 0 saturated heterocycles. The maximum absolute atomic E-state index is 12.3. The van der Waals surface area contributed by atoms with Crippen LogP contribution < -0.4 is 20.1 Å². The molecule has 0 radical (unpaired) electrons. The van der Waals surface area contributed by atoms with E-state index in [9.17, 15) is 9.59 Å². The number of hydrogen-bond acceptors (Lipinski definition) is 8. The Morgan fingerprint density at radius 2 is 1.90 bits per heavy atom. The zero-order valence-corrected chi connectivity index (χ0v) is 18.5. The van der Waals surface area contributed by atoms with Crippen molar-refractivity contribution >= 4 is 28.3 Å². The van der Waals surface area contributed by atoms with Gasteiger partial charge in [0.25, 0.3) is 0 Å². The van der Waals surface area contributed by atoms with Gasteiger partial charge in [-0.25, -0.2) is 4.98 Å². The first-order chi connectivity index (χ1) is 14.5. The summed E-state index contributed by atoms with van der Waals surface area (Å²) in [5.41, 5.74) is 1.50. The van der Waals surface area contributed by atoms with Gasteiger partial charge in [0.15, 0.2) is 5.13 Å². The summed E-state index contributed by atoms with van der Waals surface area (Å²) < 4.78 is 15.6. The normalized spacial score (nSPS) is 10.7. The molecule has 9 nitrogen and oxygen atoms in total. The Kier molecular flexibility index (Phi) is 9.52. The lowest BCUT2D eigenvalue weighted by molar-refractivity contribution is -0.123. The van der Waals surface area contributed by atoms with Gasteiger partial charge in [0.2, 0.25) is 11.8 Å². The molecule has 30 heavy (non-hydrogen) atoms. The second-order valence-corrected chi connectivity index (χ2v) is 7.38. The topological polar surface area (TPSA) is 102 Å². The summed E-state index contributed by atoms with van der Waals surface area (Å²) >= 11 is 1.32. The Hall–Kier alpha value is -2.69. The number of thiazole rings is 1. The number of amides is 2. The van der Waals surface area contributed by atoms with Crippen molar-refractivity contribution in [1.82, 2.24) is 15.2 Å². The van der Waals surface area contributed by atoms with Crippen molar-refractivity contribution in [2.75, 3.05) is 59.9 Å². The Labute approximate surface area is 180 Å². The Bertz CT molecular complexity index is 842. The molecule has 0 aliphatic carbocycles. The third-order valence-electron chi connectivity index (χ3n) is 4.11. The zero-order valence-electron chi connectivity index (χ0n) is 17.7. The average molecular weight is 437 g/mol. The number of rotatable bonds is 12. The molecule has 2 aromatic rings. The SMILES string of the molecule is COCCCNC(=O)CN(C)CC(=O)Nc1nc(-c2ccc(OC)cc2OC)cs1. The molecule has 0 atom stereocenters. The van der Waals surface area contributed by atoms with Crippen LogP contribution in [0.4, 0.5) is 5.13 Å². The molecule has 0 saturated carbocycles. The highest BCUT2D eigenvalue weighted by molar-refractivity contribution is 7.14. The van der Waals surface area contributed by atoms with E-state index < -0.39 is 0 Å². The molecule has 2 amide bonds. The summed E-state index contributed by atoms with van der Waals surface area (Å²) in [7, 11) is 6.50. The maximum atomic E-state index is 12.3. The predicted molar refractivity (Wildman–Crippen MR) is 116 cm³/mol. The van der Waals surface area contributed by atoms with E-state index in [2.05, 4.69) is 15.6 Å². The van der Waals surface area contributed by atoms with E-state index in [4.69, 9.17) is 14.2 Å². The quantitative estimate of drug-likeness (QED) is 0.490. The summed E-state index contributed by atoms with van der Waals surface area (Å²) in [6.45, 7) is 1.35. The van der Waals surface area contributed by atoms with Crippen LogP contribution in [0.5, 0.6) is 11.5 Å². The molecular formula is C20H28N4O5S. The fourth-order valence-corrected chi connectivity index (χ4v) is 3.40. The van der Waals surface area contributed by atoms with Crippen LogP contribution in [0.2, 0.25) is 0 Å². The van der Waals surface area contributed by atoms with Crippen LogP contribution in [0.25, 0.3) is 11.3 Å². The number of likely N-dealkylation sites (N-methyl/N-ethyl adjacent to an activating group) is 1. The van der Waals surface area contributed by atoms with Gasteiger partial charge in [0.1, 0.15) is 11.5 Å². The number of nitrogens with zero attached hydrogens (tertiary/aromatic N) is 2. The van der Waals surface area contributed by atoms with E-state index in [0.717, 1.165) is 12.0 Å². The molecule has 2 N–H and O–H groups in total. The lowest BCUT2D eigenvalue weighted by Crippen LogP contribution is -2.39. The average Bonchev–Trinajstić information content (AvgIpc) is 3.18. The minimum Gasteiger partial charge on any atom is -0.497 e. The second kappa shape index (κ2) is 12.1. The molecule has 0 unspecified atom stereocenters. The van der Waals surface area contributed by atoms with E-state index >= 15 is 0 Å². The smallest absolute Gasteiger partial charge is 0.240 e. The number of hydrogen-bond donors (Lipinski definition) is 2. The monoisotopic (exact) mass is 436 g/mol. The van der Waals surface area contributed by atoms with Crippen LogP contribution >= 0.6 is 11.3 Å². The highest BCUT2D eigenvalue weighted by Gasteiger charge is 2.14. The van der Waals surface area contributed by atoms with Gasteiger partial charge in [-0.3, -0.25) is 14.5 Å². The van der Waals surface area contributed by atoms with E-state index in [1.54, 1.807) is 39.3 Å². The Morgan fingerprint density at radius 3 is 2.60 bits per heavy atom. The third-order valence-corrected chi connectivity index (χ3v) is 4.87. The lowest BCUT2D eigenvalue weighted by atomic mass is 10.1. The van der Waals surface area contributed by atoms with Crippen molar-refractivity contribution in [3.8, 4) is 22.8 Å². The fraction of sp³-hybridized carbons (Fsp3) is 0.450. The van der Waals surface area contributed by atoms with Crippen molar-refractivity contribution in [3.05, 3.63) is 23.6 Å². The molecule has 1 heterocycles. The largest absolute Gasteiger partial charge is 0.497 e. The predicted octanol–water partition coefficient (Wildman–Crippen LogP) is 1.85. The van der Waals surface area contributed by atoms with Crippen LogP contribution in [0.15, 0.2) is 23.6 Å². The zero-order chi connectivity index (χ0) is 21.9. The Morgan fingerprint density at radius 1 is 1.13 bits per heavy atom. The number of methoxy groups -OCH3 is 3. The molecule has 1 aromatic carbocycles. The van der Waals surface area contributed by atoms with Gasteiger partial charge >= 0.3 is 0 Å². The summed E-state index contributed by atoms with van der Waals surface area (Å²) in [6.07, 6.45) is 0.748. The first-order valence-electron chi connectivity index (χ1n) is 9.38. The van der Waals surface area contributed by atoms with E-state index in [1.165, 1.54) is 11.3 Å². The Balaban J connectivity index is 1.87. The second-order valence-electron chi connectivity index (χ2n) is 6.52. The highest BCUT2D eigenvalue weighted by Crippen LogP contribution is 2.34. The molecule has 0 fully saturated rings. The van der Waals surface area contributed by atoms with Gasteiger partial charge in [0, 0.05) is 37.3 Å². The molecule has 2 rings (SSSR count). The number of benzene rings is 1. The van der Waals surface area contributed by atoms with Crippen LogP contribution in [0.3, 0.4) is 0 Å². The molecular weight excluding hydrogens is 408 g/mol. The van der Waals surface area contributed by atoms with Crippen LogP contribution in [0.1, 0.15) is 6.42 Å². The fourth-order valence-electron chi connectivity index (χ4n) is 2.67. The minimum absolute atomic E-state index is 0.0757. The molecule has 10 heteroatoms. The molecule has 0 aliphatic rings. The van der Waals surface area contributed by atoms with E-state index in [-0.39, 0.29) is 24.9 Å². The number of carbonyl (C=O) groups is 2. The van der Waals surface area contributed by atoms with Gasteiger partial charge < -0.3 is 24.8 Å². The number of carbonyl (C=O) groups excluding carboxylic acids is 2. The van der Waals surface area contributed by atoms with Crippen molar-refractivity contribution in [1.29, 1.82) is 0 Å². The van der Waals surface area contributed by atoms with Crippen LogP contribution in [-0.2, 0) is 14.3 Å². The van der Waals surface area contributed by atoms with Crippen molar-refractivity contribution in [2.45, 2.75) is 6.42 Å². The standard InChI is InChI=1S/C20H28N4O5S/c1-24(11-18(25)21-8-5-9-27-2)12-19(26)23-20-22-16(13-30-20)15-7-6-14(28-3)10-17(15)29-4/h6-7,10,13H,5,8-9,11-12H2,1-4H3,(H,21,25)(H,22,23,26).